The standard InChI is InChI=1S/C11H13N5O/c1-2-16-7-9(6-14-16)15-11(17)10-4-3-8(12)5-13-10/h3-7H,2,12H2,1H3,(H,15,17). The van der Waals surface area contributed by atoms with Gasteiger partial charge in [0.15, 0.2) is 0 Å². The highest BCUT2D eigenvalue weighted by Gasteiger charge is 2.08. The van der Waals surface area contributed by atoms with Crippen LogP contribution in [0.1, 0.15) is 17.4 Å². The lowest BCUT2D eigenvalue weighted by molar-refractivity contribution is 0.102. The van der Waals surface area contributed by atoms with Crippen molar-refractivity contribution in [3.8, 4) is 0 Å². The fraction of sp³-hybridized carbons (Fsp3) is 0.182. The zero-order valence-electron chi connectivity index (χ0n) is 9.42. The van der Waals surface area contributed by atoms with Crippen molar-refractivity contribution in [3.63, 3.8) is 0 Å². The second-order valence-corrected chi connectivity index (χ2v) is 3.52. The van der Waals surface area contributed by atoms with Crippen LogP contribution < -0.4 is 11.1 Å². The van der Waals surface area contributed by atoms with E-state index in [0.29, 0.717) is 17.1 Å². The number of hydrogen-bond acceptors (Lipinski definition) is 4. The van der Waals surface area contributed by atoms with E-state index in [2.05, 4.69) is 15.4 Å². The van der Waals surface area contributed by atoms with E-state index >= 15 is 0 Å². The Kier molecular flexibility index (Phi) is 3.04. The first-order valence-electron chi connectivity index (χ1n) is 5.24. The Morgan fingerprint density at radius 3 is 2.88 bits per heavy atom. The molecular formula is C11H13N5O. The van der Waals surface area contributed by atoms with Crippen LogP contribution in [0.2, 0.25) is 0 Å². The molecule has 0 aromatic carbocycles. The molecule has 6 nitrogen and oxygen atoms in total. The number of nitrogen functional groups attached to an aromatic ring is 1. The SMILES string of the molecule is CCn1cc(NC(=O)c2ccc(N)cn2)cn1. The quantitative estimate of drug-likeness (QED) is 0.829. The molecule has 0 fully saturated rings. The highest BCUT2D eigenvalue weighted by Crippen LogP contribution is 2.08. The van der Waals surface area contributed by atoms with E-state index in [9.17, 15) is 4.79 Å². The van der Waals surface area contributed by atoms with Crippen molar-refractivity contribution < 1.29 is 4.79 Å². The molecule has 2 rings (SSSR count). The molecule has 1 amide bonds. The minimum atomic E-state index is -0.277. The smallest absolute Gasteiger partial charge is 0.274 e. The molecule has 88 valence electrons. The van der Waals surface area contributed by atoms with Gasteiger partial charge in [-0.2, -0.15) is 5.10 Å². The first kappa shape index (κ1) is 11.1. The van der Waals surface area contributed by atoms with Gasteiger partial charge in [-0.05, 0) is 19.1 Å². The summed E-state index contributed by atoms with van der Waals surface area (Å²) in [5.41, 5.74) is 6.99. The number of nitrogens with two attached hydrogens (primary N) is 1. The summed E-state index contributed by atoms with van der Waals surface area (Å²) in [7, 11) is 0. The number of hydrogen-bond donors (Lipinski definition) is 2. The number of carbonyl (C=O) groups excluding carboxylic acids is 1. The molecule has 0 radical (unpaired) electrons. The third-order valence-electron chi connectivity index (χ3n) is 2.23. The fourth-order valence-electron chi connectivity index (χ4n) is 1.34. The van der Waals surface area contributed by atoms with Gasteiger partial charge in [0.2, 0.25) is 0 Å². The zero-order chi connectivity index (χ0) is 12.3. The number of aryl methyl sites for hydroxylation is 1. The number of amides is 1. The van der Waals surface area contributed by atoms with E-state index < -0.39 is 0 Å². The van der Waals surface area contributed by atoms with Crippen molar-refractivity contribution in [2.24, 2.45) is 0 Å². The third kappa shape index (κ3) is 2.60. The number of carbonyl (C=O) groups is 1. The minimum absolute atomic E-state index is 0.277. The monoisotopic (exact) mass is 231 g/mol. The van der Waals surface area contributed by atoms with Gasteiger partial charge in [-0.1, -0.05) is 0 Å². The minimum Gasteiger partial charge on any atom is -0.397 e. The lowest BCUT2D eigenvalue weighted by Gasteiger charge is -2.01. The van der Waals surface area contributed by atoms with Gasteiger partial charge in [-0.15, -0.1) is 0 Å². The zero-order valence-corrected chi connectivity index (χ0v) is 9.42. The molecule has 3 N–H and O–H groups in total. The van der Waals surface area contributed by atoms with Gasteiger partial charge < -0.3 is 11.1 Å². The molecule has 2 heterocycles. The summed E-state index contributed by atoms with van der Waals surface area (Å²) in [5, 5.41) is 6.76. The molecule has 0 aliphatic rings. The molecule has 0 atom stereocenters. The number of aromatic nitrogens is 3. The maximum Gasteiger partial charge on any atom is 0.274 e. The molecule has 0 aliphatic carbocycles. The van der Waals surface area contributed by atoms with Crippen molar-refractivity contribution in [3.05, 3.63) is 36.4 Å². The molecule has 0 saturated heterocycles. The number of anilines is 2. The summed E-state index contributed by atoms with van der Waals surface area (Å²) in [4.78, 5) is 15.7. The largest absolute Gasteiger partial charge is 0.397 e. The van der Waals surface area contributed by atoms with Crippen molar-refractivity contribution >= 4 is 17.3 Å². The summed E-state index contributed by atoms with van der Waals surface area (Å²) >= 11 is 0. The third-order valence-corrected chi connectivity index (χ3v) is 2.23. The van der Waals surface area contributed by atoms with Gasteiger partial charge in [0.05, 0.1) is 23.8 Å². The average Bonchev–Trinajstić information content (AvgIpc) is 2.77. The molecule has 0 bridgehead atoms. The molecule has 17 heavy (non-hydrogen) atoms. The molecular weight excluding hydrogens is 218 g/mol. The van der Waals surface area contributed by atoms with Gasteiger partial charge in [0.25, 0.3) is 5.91 Å². The van der Waals surface area contributed by atoms with Crippen LogP contribution in [0, 0.1) is 0 Å². The van der Waals surface area contributed by atoms with Gasteiger partial charge in [-0.3, -0.25) is 9.48 Å². The van der Waals surface area contributed by atoms with Crippen molar-refractivity contribution in [1.29, 1.82) is 0 Å². The van der Waals surface area contributed by atoms with Crippen molar-refractivity contribution in [1.82, 2.24) is 14.8 Å². The van der Waals surface area contributed by atoms with Gasteiger partial charge in [0.1, 0.15) is 5.69 Å². The maximum absolute atomic E-state index is 11.8. The van der Waals surface area contributed by atoms with Crippen LogP contribution in [0.3, 0.4) is 0 Å². The van der Waals surface area contributed by atoms with Gasteiger partial charge >= 0.3 is 0 Å². The summed E-state index contributed by atoms with van der Waals surface area (Å²) in [5.74, 6) is -0.277. The molecule has 0 unspecified atom stereocenters. The number of rotatable bonds is 3. The molecule has 2 aromatic rings. The van der Waals surface area contributed by atoms with Gasteiger partial charge in [0, 0.05) is 12.7 Å². The normalized spacial score (nSPS) is 10.2. The van der Waals surface area contributed by atoms with Crippen LogP contribution in [0.15, 0.2) is 30.7 Å². The molecule has 0 spiro atoms. The fourth-order valence-corrected chi connectivity index (χ4v) is 1.34. The van der Waals surface area contributed by atoms with Crippen LogP contribution in [0.4, 0.5) is 11.4 Å². The Bertz CT molecular complexity index is 517. The van der Waals surface area contributed by atoms with Gasteiger partial charge in [-0.25, -0.2) is 4.98 Å². The molecule has 0 aliphatic heterocycles. The number of nitrogens with one attached hydrogen (secondary N) is 1. The summed E-state index contributed by atoms with van der Waals surface area (Å²) in [6.45, 7) is 2.73. The Balaban J connectivity index is 2.08. The van der Waals surface area contributed by atoms with Crippen molar-refractivity contribution in [2.45, 2.75) is 13.5 Å². The van der Waals surface area contributed by atoms with E-state index in [4.69, 9.17) is 5.73 Å². The van der Waals surface area contributed by atoms with Crippen LogP contribution in [0.5, 0.6) is 0 Å². The molecule has 0 saturated carbocycles. The Labute approximate surface area is 98.5 Å². The molecule has 6 heteroatoms. The Morgan fingerprint density at radius 1 is 1.47 bits per heavy atom. The van der Waals surface area contributed by atoms with Crippen molar-refractivity contribution in [2.75, 3.05) is 11.1 Å². The maximum atomic E-state index is 11.8. The Hall–Kier alpha value is -2.37. The summed E-state index contributed by atoms with van der Waals surface area (Å²) in [6.07, 6.45) is 4.80. The predicted octanol–water partition coefficient (Wildman–Crippen LogP) is 1.13. The first-order valence-corrected chi connectivity index (χ1v) is 5.24. The number of nitrogens with zero attached hydrogens (tertiary/aromatic N) is 3. The second kappa shape index (κ2) is 4.65. The van der Waals surface area contributed by atoms with E-state index in [0.717, 1.165) is 6.54 Å². The average molecular weight is 231 g/mol. The summed E-state index contributed by atoms with van der Waals surface area (Å²) in [6, 6.07) is 3.21. The van der Waals surface area contributed by atoms with Crippen LogP contribution in [-0.4, -0.2) is 20.7 Å². The van der Waals surface area contributed by atoms with Crippen LogP contribution >= 0.6 is 0 Å². The predicted molar refractivity (Wildman–Crippen MR) is 64.5 cm³/mol. The Morgan fingerprint density at radius 2 is 2.29 bits per heavy atom. The van der Waals surface area contributed by atoms with Crippen LogP contribution in [0.25, 0.3) is 0 Å². The van der Waals surface area contributed by atoms with E-state index in [1.165, 1.54) is 6.20 Å². The summed E-state index contributed by atoms with van der Waals surface area (Å²) < 4.78 is 1.73. The lowest BCUT2D eigenvalue weighted by Crippen LogP contribution is -2.13. The molecule has 2 aromatic heterocycles. The topological polar surface area (TPSA) is 85.8 Å². The lowest BCUT2D eigenvalue weighted by atomic mass is 10.3. The van der Waals surface area contributed by atoms with E-state index in [1.54, 1.807) is 29.2 Å². The first-order chi connectivity index (χ1) is 8.19. The van der Waals surface area contributed by atoms with E-state index in [-0.39, 0.29) is 5.91 Å². The van der Waals surface area contributed by atoms with Crippen LogP contribution in [-0.2, 0) is 6.54 Å². The van der Waals surface area contributed by atoms with E-state index in [1.807, 2.05) is 6.92 Å². The second-order valence-electron chi connectivity index (χ2n) is 3.52. The number of pyridine rings is 1. The highest BCUT2D eigenvalue weighted by atomic mass is 16.1. The highest BCUT2D eigenvalue weighted by molar-refractivity contribution is 6.02.